The third-order valence-corrected chi connectivity index (χ3v) is 3.00. The number of hydrogen-bond acceptors (Lipinski definition) is 3. The van der Waals surface area contributed by atoms with Crippen molar-refractivity contribution in [3.8, 4) is 5.75 Å². The first kappa shape index (κ1) is 12.5. The first-order chi connectivity index (χ1) is 8.15. The molecule has 1 fully saturated rings. The maximum atomic E-state index is 11.4. The van der Waals surface area contributed by atoms with Gasteiger partial charge in [-0.3, -0.25) is 4.79 Å². The number of benzene rings is 1. The second kappa shape index (κ2) is 5.58. The highest BCUT2D eigenvalue weighted by Crippen LogP contribution is 2.26. The van der Waals surface area contributed by atoms with E-state index in [1.54, 1.807) is 18.2 Å². The summed E-state index contributed by atoms with van der Waals surface area (Å²) >= 11 is 11.6. The van der Waals surface area contributed by atoms with Gasteiger partial charge in [-0.2, -0.15) is 0 Å². The van der Waals surface area contributed by atoms with Crippen LogP contribution in [-0.2, 0) is 9.53 Å². The van der Waals surface area contributed by atoms with E-state index in [0.717, 1.165) is 0 Å². The lowest BCUT2D eigenvalue weighted by atomic mass is 10.2. The summed E-state index contributed by atoms with van der Waals surface area (Å²) in [4.78, 5) is 11.4. The minimum Gasteiger partial charge on any atom is -0.484 e. The summed E-state index contributed by atoms with van der Waals surface area (Å²) in [5.74, 6) is 0.337. The van der Waals surface area contributed by atoms with Crippen molar-refractivity contribution in [3.63, 3.8) is 0 Å². The van der Waals surface area contributed by atoms with Crippen LogP contribution >= 0.6 is 23.2 Å². The number of rotatable bonds is 4. The van der Waals surface area contributed by atoms with Crippen LogP contribution in [0.15, 0.2) is 18.2 Å². The van der Waals surface area contributed by atoms with Crippen molar-refractivity contribution in [2.24, 2.45) is 0 Å². The van der Waals surface area contributed by atoms with E-state index in [-0.39, 0.29) is 18.6 Å². The molecule has 0 aromatic heterocycles. The molecule has 0 spiro atoms. The third kappa shape index (κ3) is 3.49. The number of ether oxygens (including phenoxy) is 2. The van der Waals surface area contributed by atoms with E-state index in [2.05, 4.69) is 5.32 Å². The van der Waals surface area contributed by atoms with Gasteiger partial charge in [-0.25, -0.2) is 0 Å². The molecule has 0 atom stereocenters. The molecule has 92 valence electrons. The molecule has 2 rings (SSSR count). The van der Waals surface area contributed by atoms with Gasteiger partial charge in [-0.1, -0.05) is 23.2 Å². The van der Waals surface area contributed by atoms with E-state index in [1.807, 2.05) is 0 Å². The molecular formula is C11H11Cl2NO3. The highest BCUT2D eigenvalue weighted by Gasteiger charge is 2.20. The molecule has 1 aromatic carbocycles. The predicted octanol–water partition coefficient (Wildman–Crippen LogP) is 1.89. The van der Waals surface area contributed by atoms with Crippen molar-refractivity contribution in [2.45, 2.75) is 6.04 Å². The number of nitrogens with one attached hydrogen (secondary N) is 1. The van der Waals surface area contributed by atoms with Crippen molar-refractivity contribution >= 4 is 29.1 Å². The highest BCUT2D eigenvalue weighted by molar-refractivity contribution is 6.42. The molecule has 17 heavy (non-hydrogen) atoms. The zero-order valence-electron chi connectivity index (χ0n) is 8.91. The lowest BCUT2D eigenvalue weighted by molar-refractivity contribution is -0.127. The first-order valence-electron chi connectivity index (χ1n) is 5.10. The molecule has 0 radical (unpaired) electrons. The number of hydrogen-bond donors (Lipinski definition) is 1. The lowest BCUT2D eigenvalue weighted by Crippen LogP contribution is -2.49. The molecule has 1 amide bonds. The van der Waals surface area contributed by atoms with Gasteiger partial charge in [0.25, 0.3) is 5.91 Å². The topological polar surface area (TPSA) is 47.6 Å². The lowest BCUT2D eigenvalue weighted by Gasteiger charge is -2.26. The monoisotopic (exact) mass is 275 g/mol. The van der Waals surface area contributed by atoms with Gasteiger partial charge in [0.1, 0.15) is 5.75 Å². The Hall–Kier alpha value is -0.970. The Morgan fingerprint density at radius 3 is 2.76 bits per heavy atom. The van der Waals surface area contributed by atoms with E-state index in [9.17, 15) is 4.79 Å². The van der Waals surface area contributed by atoms with E-state index in [0.29, 0.717) is 29.0 Å². The number of carbonyl (C=O) groups is 1. The Labute approximate surface area is 109 Å². The largest absolute Gasteiger partial charge is 0.484 e. The molecule has 1 aliphatic heterocycles. The van der Waals surface area contributed by atoms with Crippen LogP contribution in [0.5, 0.6) is 5.75 Å². The van der Waals surface area contributed by atoms with Crippen molar-refractivity contribution < 1.29 is 14.3 Å². The Morgan fingerprint density at radius 2 is 2.18 bits per heavy atom. The Morgan fingerprint density at radius 1 is 1.41 bits per heavy atom. The molecule has 0 aliphatic carbocycles. The van der Waals surface area contributed by atoms with Crippen molar-refractivity contribution in [1.82, 2.24) is 5.32 Å². The summed E-state index contributed by atoms with van der Waals surface area (Å²) in [6, 6.07) is 4.97. The maximum absolute atomic E-state index is 11.4. The Balaban J connectivity index is 1.80. The van der Waals surface area contributed by atoms with Gasteiger partial charge in [0.15, 0.2) is 6.61 Å². The molecule has 1 N–H and O–H groups in total. The molecule has 0 saturated carbocycles. The van der Waals surface area contributed by atoms with Crippen LogP contribution in [0, 0.1) is 0 Å². The average molecular weight is 276 g/mol. The predicted molar refractivity (Wildman–Crippen MR) is 64.7 cm³/mol. The van der Waals surface area contributed by atoms with Gasteiger partial charge >= 0.3 is 0 Å². The quantitative estimate of drug-likeness (QED) is 0.913. The second-order valence-corrected chi connectivity index (χ2v) is 4.48. The highest BCUT2D eigenvalue weighted by atomic mass is 35.5. The van der Waals surface area contributed by atoms with Gasteiger partial charge in [-0.15, -0.1) is 0 Å². The maximum Gasteiger partial charge on any atom is 0.258 e. The fourth-order valence-corrected chi connectivity index (χ4v) is 1.59. The summed E-state index contributed by atoms with van der Waals surface area (Å²) < 4.78 is 10.2. The number of amides is 1. The molecule has 1 aromatic rings. The van der Waals surface area contributed by atoms with E-state index in [4.69, 9.17) is 32.7 Å². The minimum absolute atomic E-state index is 0.0472. The summed E-state index contributed by atoms with van der Waals surface area (Å²) in [7, 11) is 0. The zero-order valence-corrected chi connectivity index (χ0v) is 10.4. The van der Waals surface area contributed by atoms with Crippen LogP contribution in [0.3, 0.4) is 0 Å². The van der Waals surface area contributed by atoms with E-state index in [1.165, 1.54) is 0 Å². The molecule has 1 aliphatic rings. The van der Waals surface area contributed by atoms with Crippen LogP contribution in [-0.4, -0.2) is 31.8 Å². The van der Waals surface area contributed by atoms with Gasteiger partial charge in [0.05, 0.1) is 29.3 Å². The second-order valence-electron chi connectivity index (χ2n) is 3.67. The first-order valence-corrected chi connectivity index (χ1v) is 5.85. The van der Waals surface area contributed by atoms with Crippen molar-refractivity contribution in [3.05, 3.63) is 28.2 Å². The van der Waals surface area contributed by atoms with E-state index < -0.39 is 0 Å². The van der Waals surface area contributed by atoms with Crippen LogP contribution < -0.4 is 10.1 Å². The minimum atomic E-state index is -0.177. The Bertz CT molecular complexity index is 421. The van der Waals surface area contributed by atoms with Gasteiger partial charge in [-0.05, 0) is 12.1 Å². The summed E-state index contributed by atoms with van der Waals surface area (Å²) in [6.07, 6.45) is 0. The van der Waals surface area contributed by atoms with E-state index >= 15 is 0 Å². The normalized spacial score (nSPS) is 15.2. The Kier molecular flexibility index (Phi) is 4.10. The zero-order chi connectivity index (χ0) is 12.3. The number of halogens is 2. The molecule has 1 saturated heterocycles. The van der Waals surface area contributed by atoms with Gasteiger partial charge in [0, 0.05) is 6.07 Å². The van der Waals surface area contributed by atoms with Gasteiger partial charge < -0.3 is 14.8 Å². The standard InChI is InChI=1S/C11H11Cl2NO3/c12-9-2-1-8(3-10(9)13)17-6-11(15)14-7-4-16-5-7/h1-3,7H,4-6H2,(H,14,15). The fourth-order valence-electron chi connectivity index (χ4n) is 1.30. The summed E-state index contributed by atoms with van der Waals surface area (Å²) in [5, 5.41) is 3.62. The van der Waals surface area contributed by atoms with Crippen LogP contribution in [0.4, 0.5) is 0 Å². The van der Waals surface area contributed by atoms with Crippen LogP contribution in [0.2, 0.25) is 10.0 Å². The van der Waals surface area contributed by atoms with Crippen molar-refractivity contribution in [2.75, 3.05) is 19.8 Å². The van der Waals surface area contributed by atoms with Crippen molar-refractivity contribution in [1.29, 1.82) is 0 Å². The third-order valence-electron chi connectivity index (χ3n) is 2.26. The molecular weight excluding hydrogens is 265 g/mol. The fraction of sp³-hybridized carbons (Fsp3) is 0.364. The molecule has 6 heteroatoms. The summed E-state index contributed by atoms with van der Waals surface area (Å²) in [5.41, 5.74) is 0. The van der Waals surface area contributed by atoms with Crippen LogP contribution in [0.25, 0.3) is 0 Å². The molecule has 4 nitrogen and oxygen atoms in total. The SMILES string of the molecule is O=C(COc1ccc(Cl)c(Cl)c1)NC1COC1. The molecule has 1 heterocycles. The van der Waals surface area contributed by atoms with Gasteiger partial charge in [0.2, 0.25) is 0 Å². The van der Waals surface area contributed by atoms with Crippen LogP contribution in [0.1, 0.15) is 0 Å². The molecule has 0 bridgehead atoms. The smallest absolute Gasteiger partial charge is 0.258 e. The molecule has 0 unspecified atom stereocenters. The average Bonchev–Trinajstić information content (AvgIpc) is 2.25. The number of carbonyl (C=O) groups excluding carboxylic acids is 1. The summed E-state index contributed by atoms with van der Waals surface area (Å²) in [6.45, 7) is 1.09.